The quantitative estimate of drug-likeness (QED) is 0.852. The molecular formula is C18H26N3O2+. The standard InChI is InChI=1S/C18H25N3O2/c1-5-21(12-16(22)20-18(2,3)4)13-17-19-11-15(23-17)14-9-7-6-8-10-14/h6-11H,5,12-13H2,1-4H3,(H,20,22)/p+1. The highest BCUT2D eigenvalue weighted by Crippen LogP contribution is 2.19. The lowest BCUT2D eigenvalue weighted by Gasteiger charge is -2.22. The average Bonchev–Trinajstić information content (AvgIpc) is 2.94. The van der Waals surface area contributed by atoms with Crippen LogP contribution in [0.5, 0.6) is 0 Å². The molecule has 0 saturated heterocycles. The maximum Gasteiger partial charge on any atom is 0.275 e. The van der Waals surface area contributed by atoms with Crippen LogP contribution in [0, 0.1) is 0 Å². The van der Waals surface area contributed by atoms with Gasteiger partial charge in [-0.1, -0.05) is 30.3 Å². The minimum Gasteiger partial charge on any atom is -0.435 e. The van der Waals surface area contributed by atoms with Crippen molar-refractivity contribution in [1.82, 2.24) is 10.3 Å². The van der Waals surface area contributed by atoms with E-state index in [0.29, 0.717) is 19.0 Å². The molecular weight excluding hydrogens is 290 g/mol. The predicted molar refractivity (Wildman–Crippen MR) is 89.9 cm³/mol. The third-order valence-corrected chi connectivity index (χ3v) is 3.44. The van der Waals surface area contributed by atoms with Crippen LogP contribution < -0.4 is 10.2 Å². The molecule has 0 aliphatic rings. The number of benzene rings is 1. The number of amides is 1. The zero-order valence-corrected chi connectivity index (χ0v) is 14.3. The first-order valence-corrected chi connectivity index (χ1v) is 8.02. The fraction of sp³-hybridized carbons (Fsp3) is 0.444. The summed E-state index contributed by atoms with van der Waals surface area (Å²) in [5.41, 5.74) is 0.800. The van der Waals surface area contributed by atoms with Crippen molar-refractivity contribution in [1.29, 1.82) is 0 Å². The second-order valence-corrected chi connectivity index (χ2v) is 6.74. The van der Waals surface area contributed by atoms with E-state index in [1.807, 2.05) is 51.1 Å². The number of carbonyl (C=O) groups is 1. The second kappa shape index (κ2) is 7.42. The monoisotopic (exact) mass is 316 g/mol. The zero-order chi connectivity index (χ0) is 16.9. The van der Waals surface area contributed by atoms with Crippen LogP contribution in [-0.4, -0.2) is 29.5 Å². The highest BCUT2D eigenvalue weighted by atomic mass is 16.4. The normalized spacial score (nSPS) is 12.9. The number of likely N-dealkylation sites (N-methyl/N-ethyl adjacent to an activating group) is 1. The van der Waals surface area contributed by atoms with Crippen molar-refractivity contribution in [2.45, 2.75) is 39.8 Å². The Hall–Kier alpha value is -2.14. The molecule has 2 N–H and O–H groups in total. The number of nitrogens with zero attached hydrogens (tertiary/aromatic N) is 1. The molecule has 1 atom stereocenters. The molecule has 1 amide bonds. The van der Waals surface area contributed by atoms with Crippen LogP contribution >= 0.6 is 0 Å². The first kappa shape index (κ1) is 17.2. The number of nitrogens with one attached hydrogen (secondary N) is 2. The van der Waals surface area contributed by atoms with Crippen molar-refractivity contribution >= 4 is 5.91 Å². The van der Waals surface area contributed by atoms with Gasteiger partial charge in [-0.15, -0.1) is 0 Å². The smallest absolute Gasteiger partial charge is 0.275 e. The van der Waals surface area contributed by atoms with Gasteiger partial charge in [0.05, 0.1) is 12.7 Å². The van der Waals surface area contributed by atoms with Crippen LogP contribution in [0.15, 0.2) is 40.9 Å². The molecule has 1 unspecified atom stereocenters. The number of oxazole rings is 1. The summed E-state index contributed by atoms with van der Waals surface area (Å²) in [7, 11) is 0. The molecule has 0 saturated carbocycles. The summed E-state index contributed by atoms with van der Waals surface area (Å²) in [5, 5.41) is 2.99. The molecule has 2 rings (SSSR count). The summed E-state index contributed by atoms with van der Waals surface area (Å²) in [4.78, 5) is 17.5. The largest absolute Gasteiger partial charge is 0.435 e. The van der Waals surface area contributed by atoms with Gasteiger partial charge in [0.25, 0.3) is 11.8 Å². The van der Waals surface area contributed by atoms with E-state index in [1.54, 1.807) is 6.20 Å². The molecule has 1 heterocycles. The van der Waals surface area contributed by atoms with E-state index in [2.05, 4.69) is 17.2 Å². The molecule has 0 bridgehead atoms. The molecule has 0 spiro atoms. The minimum atomic E-state index is -0.209. The third-order valence-electron chi connectivity index (χ3n) is 3.44. The summed E-state index contributed by atoms with van der Waals surface area (Å²) in [6.45, 7) is 9.85. The second-order valence-electron chi connectivity index (χ2n) is 6.74. The Morgan fingerprint density at radius 2 is 1.96 bits per heavy atom. The number of hydrogen-bond acceptors (Lipinski definition) is 3. The SMILES string of the molecule is CC[NH+](CC(=O)NC(C)(C)C)Cc1ncc(-c2ccccc2)o1. The number of aromatic nitrogens is 1. The van der Waals surface area contributed by atoms with E-state index in [0.717, 1.165) is 22.8 Å². The maximum absolute atomic E-state index is 12.1. The van der Waals surface area contributed by atoms with Gasteiger partial charge in [-0.2, -0.15) is 0 Å². The third kappa shape index (κ3) is 5.53. The highest BCUT2D eigenvalue weighted by molar-refractivity contribution is 5.77. The van der Waals surface area contributed by atoms with Crippen LogP contribution in [0.4, 0.5) is 0 Å². The van der Waals surface area contributed by atoms with E-state index in [1.165, 1.54) is 0 Å². The zero-order valence-electron chi connectivity index (χ0n) is 14.3. The van der Waals surface area contributed by atoms with Crippen LogP contribution in [0.25, 0.3) is 11.3 Å². The fourth-order valence-electron chi connectivity index (χ4n) is 2.34. The minimum absolute atomic E-state index is 0.0455. The van der Waals surface area contributed by atoms with Gasteiger partial charge in [-0.05, 0) is 27.7 Å². The molecule has 0 aliphatic heterocycles. The van der Waals surface area contributed by atoms with Crippen LogP contribution in [-0.2, 0) is 11.3 Å². The van der Waals surface area contributed by atoms with Gasteiger partial charge >= 0.3 is 0 Å². The Bertz CT molecular complexity index is 629. The number of rotatable bonds is 6. The molecule has 23 heavy (non-hydrogen) atoms. The van der Waals surface area contributed by atoms with Crippen molar-refractivity contribution < 1.29 is 14.1 Å². The van der Waals surface area contributed by atoms with Crippen molar-refractivity contribution in [2.24, 2.45) is 0 Å². The Balaban J connectivity index is 1.97. The van der Waals surface area contributed by atoms with Gasteiger partial charge in [-0.25, -0.2) is 4.98 Å². The predicted octanol–water partition coefficient (Wildman–Crippen LogP) is 1.66. The summed E-state index contributed by atoms with van der Waals surface area (Å²) >= 11 is 0. The molecule has 5 nitrogen and oxygen atoms in total. The van der Waals surface area contributed by atoms with Crippen LogP contribution in [0.3, 0.4) is 0 Å². The van der Waals surface area contributed by atoms with E-state index in [4.69, 9.17) is 4.42 Å². The summed E-state index contributed by atoms with van der Waals surface area (Å²) in [6.07, 6.45) is 1.74. The fourth-order valence-corrected chi connectivity index (χ4v) is 2.34. The summed E-state index contributed by atoms with van der Waals surface area (Å²) < 4.78 is 5.82. The summed E-state index contributed by atoms with van der Waals surface area (Å²) in [6, 6.07) is 9.89. The Labute approximate surface area is 137 Å². The van der Waals surface area contributed by atoms with Crippen molar-refractivity contribution in [3.63, 3.8) is 0 Å². The molecule has 0 radical (unpaired) electrons. The van der Waals surface area contributed by atoms with Crippen LogP contribution in [0.1, 0.15) is 33.6 Å². The molecule has 124 valence electrons. The average molecular weight is 316 g/mol. The van der Waals surface area contributed by atoms with E-state index in [-0.39, 0.29) is 11.4 Å². The Kier molecular flexibility index (Phi) is 5.55. The van der Waals surface area contributed by atoms with Gasteiger partial charge in [0, 0.05) is 11.1 Å². The van der Waals surface area contributed by atoms with Crippen LogP contribution in [0.2, 0.25) is 0 Å². The molecule has 1 aromatic heterocycles. The summed E-state index contributed by atoms with van der Waals surface area (Å²) in [5.74, 6) is 1.46. The lowest BCUT2D eigenvalue weighted by atomic mass is 10.1. The lowest BCUT2D eigenvalue weighted by Crippen LogP contribution is -3.11. The first-order chi connectivity index (χ1) is 10.9. The van der Waals surface area contributed by atoms with Gasteiger partial charge < -0.3 is 14.6 Å². The molecule has 1 aromatic carbocycles. The van der Waals surface area contributed by atoms with Gasteiger partial charge in [0.15, 0.2) is 18.8 Å². The number of hydrogen-bond donors (Lipinski definition) is 2. The van der Waals surface area contributed by atoms with E-state index >= 15 is 0 Å². The van der Waals surface area contributed by atoms with Gasteiger partial charge in [-0.3, -0.25) is 4.79 Å². The van der Waals surface area contributed by atoms with Gasteiger partial charge in [0.2, 0.25) is 0 Å². The molecule has 2 aromatic rings. The van der Waals surface area contributed by atoms with E-state index in [9.17, 15) is 4.79 Å². The molecule has 5 heteroatoms. The highest BCUT2D eigenvalue weighted by Gasteiger charge is 2.20. The van der Waals surface area contributed by atoms with Crippen molar-refractivity contribution in [3.05, 3.63) is 42.4 Å². The molecule has 0 aliphatic carbocycles. The molecule has 0 fully saturated rings. The van der Waals surface area contributed by atoms with Gasteiger partial charge in [0.1, 0.15) is 0 Å². The maximum atomic E-state index is 12.1. The van der Waals surface area contributed by atoms with Crippen molar-refractivity contribution in [2.75, 3.05) is 13.1 Å². The lowest BCUT2D eigenvalue weighted by molar-refractivity contribution is -0.905. The van der Waals surface area contributed by atoms with E-state index < -0.39 is 0 Å². The Morgan fingerprint density at radius 1 is 1.26 bits per heavy atom. The first-order valence-electron chi connectivity index (χ1n) is 8.02. The Morgan fingerprint density at radius 3 is 2.57 bits per heavy atom. The number of quaternary nitrogens is 1. The topological polar surface area (TPSA) is 59.6 Å². The number of carbonyl (C=O) groups excluding carboxylic acids is 1. The van der Waals surface area contributed by atoms with Crippen molar-refractivity contribution in [3.8, 4) is 11.3 Å².